The van der Waals surface area contributed by atoms with Crippen LogP contribution in [0.15, 0.2) is 53.9 Å². The SMILES string of the molecule is COc1csc(C(N)c2cccc3ccccc23)c1. The molecular weight excluding hydrogens is 254 g/mol. The molecule has 0 aliphatic carbocycles. The van der Waals surface area contributed by atoms with Crippen LogP contribution in [0.4, 0.5) is 0 Å². The Morgan fingerprint density at radius 1 is 1.11 bits per heavy atom. The van der Waals surface area contributed by atoms with Gasteiger partial charge in [0.05, 0.1) is 13.2 Å². The van der Waals surface area contributed by atoms with Crippen LogP contribution in [0.2, 0.25) is 0 Å². The van der Waals surface area contributed by atoms with Crippen LogP contribution >= 0.6 is 11.3 Å². The van der Waals surface area contributed by atoms with Crippen LogP contribution in [-0.2, 0) is 0 Å². The van der Waals surface area contributed by atoms with Crippen molar-refractivity contribution >= 4 is 22.1 Å². The largest absolute Gasteiger partial charge is 0.496 e. The lowest BCUT2D eigenvalue weighted by atomic mass is 9.98. The van der Waals surface area contributed by atoms with E-state index in [-0.39, 0.29) is 6.04 Å². The molecule has 2 aromatic carbocycles. The fourth-order valence-electron chi connectivity index (χ4n) is 2.28. The lowest BCUT2D eigenvalue weighted by molar-refractivity contribution is 0.416. The summed E-state index contributed by atoms with van der Waals surface area (Å²) >= 11 is 1.64. The molecule has 0 amide bonds. The Balaban J connectivity index is 2.08. The lowest BCUT2D eigenvalue weighted by Crippen LogP contribution is -2.10. The molecule has 1 atom stereocenters. The Hall–Kier alpha value is -1.84. The second kappa shape index (κ2) is 5.03. The molecule has 96 valence electrons. The Morgan fingerprint density at radius 3 is 2.68 bits per heavy atom. The molecule has 0 radical (unpaired) electrons. The number of methoxy groups -OCH3 is 1. The topological polar surface area (TPSA) is 35.2 Å². The van der Waals surface area contributed by atoms with Gasteiger partial charge in [0.2, 0.25) is 0 Å². The van der Waals surface area contributed by atoms with Crippen molar-refractivity contribution in [2.75, 3.05) is 7.11 Å². The lowest BCUT2D eigenvalue weighted by Gasteiger charge is -2.13. The molecule has 1 heterocycles. The molecule has 2 nitrogen and oxygen atoms in total. The van der Waals surface area contributed by atoms with E-state index in [9.17, 15) is 0 Å². The molecule has 0 saturated carbocycles. The Bertz CT molecular complexity index is 699. The monoisotopic (exact) mass is 269 g/mol. The highest BCUT2D eigenvalue weighted by molar-refractivity contribution is 7.10. The van der Waals surface area contributed by atoms with Crippen molar-refractivity contribution in [3.05, 3.63) is 64.4 Å². The predicted octanol–water partition coefficient (Wildman–Crippen LogP) is 3.96. The minimum absolute atomic E-state index is 0.111. The van der Waals surface area contributed by atoms with Crippen LogP contribution in [0.25, 0.3) is 10.8 Å². The summed E-state index contributed by atoms with van der Waals surface area (Å²) in [5, 5.41) is 4.42. The minimum atomic E-state index is -0.111. The molecule has 19 heavy (non-hydrogen) atoms. The van der Waals surface area contributed by atoms with Crippen molar-refractivity contribution in [1.82, 2.24) is 0 Å². The summed E-state index contributed by atoms with van der Waals surface area (Å²) < 4.78 is 5.22. The summed E-state index contributed by atoms with van der Waals surface area (Å²) in [6.45, 7) is 0. The van der Waals surface area contributed by atoms with Gasteiger partial charge in [-0.3, -0.25) is 0 Å². The molecule has 0 aliphatic heterocycles. The molecule has 1 unspecified atom stereocenters. The van der Waals surface area contributed by atoms with Crippen molar-refractivity contribution in [3.63, 3.8) is 0 Å². The maximum absolute atomic E-state index is 6.41. The van der Waals surface area contributed by atoms with Crippen molar-refractivity contribution in [3.8, 4) is 5.75 Å². The first-order valence-corrected chi connectivity index (χ1v) is 7.03. The molecule has 0 saturated heterocycles. The summed E-state index contributed by atoms with van der Waals surface area (Å²) in [6, 6.07) is 16.5. The number of thiophene rings is 1. The zero-order valence-electron chi connectivity index (χ0n) is 10.7. The summed E-state index contributed by atoms with van der Waals surface area (Å²) in [4.78, 5) is 1.12. The molecule has 0 bridgehead atoms. The van der Waals surface area contributed by atoms with E-state index in [0.717, 1.165) is 16.2 Å². The number of ether oxygens (including phenoxy) is 1. The highest BCUT2D eigenvalue weighted by Crippen LogP contribution is 2.32. The van der Waals surface area contributed by atoms with Gasteiger partial charge in [0.1, 0.15) is 5.75 Å². The van der Waals surface area contributed by atoms with Gasteiger partial charge in [-0.2, -0.15) is 0 Å². The van der Waals surface area contributed by atoms with Gasteiger partial charge in [0.15, 0.2) is 0 Å². The van der Waals surface area contributed by atoms with E-state index < -0.39 is 0 Å². The summed E-state index contributed by atoms with van der Waals surface area (Å²) in [5.41, 5.74) is 7.56. The fourth-order valence-corrected chi connectivity index (χ4v) is 3.15. The van der Waals surface area contributed by atoms with Gasteiger partial charge < -0.3 is 10.5 Å². The van der Waals surface area contributed by atoms with Crippen molar-refractivity contribution in [2.45, 2.75) is 6.04 Å². The number of hydrogen-bond acceptors (Lipinski definition) is 3. The highest BCUT2D eigenvalue weighted by Gasteiger charge is 2.14. The van der Waals surface area contributed by atoms with Crippen molar-refractivity contribution in [1.29, 1.82) is 0 Å². The fraction of sp³-hybridized carbons (Fsp3) is 0.125. The molecule has 2 N–H and O–H groups in total. The molecule has 3 rings (SSSR count). The van der Waals surface area contributed by atoms with E-state index in [1.165, 1.54) is 10.8 Å². The average molecular weight is 269 g/mol. The van der Waals surface area contributed by atoms with E-state index in [2.05, 4.69) is 30.3 Å². The molecule has 0 fully saturated rings. The Labute approximate surface area is 116 Å². The van der Waals surface area contributed by atoms with Gasteiger partial charge in [-0.15, -0.1) is 11.3 Å². The Morgan fingerprint density at radius 2 is 1.89 bits per heavy atom. The van der Waals surface area contributed by atoms with Crippen LogP contribution in [0, 0.1) is 0 Å². The zero-order valence-corrected chi connectivity index (χ0v) is 11.5. The number of benzene rings is 2. The third kappa shape index (κ3) is 2.23. The van der Waals surface area contributed by atoms with Gasteiger partial charge in [-0.05, 0) is 22.4 Å². The number of hydrogen-bond donors (Lipinski definition) is 1. The van der Waals surface area contributed by atoms with Crippen molar-refractivity contribution < 1.29 is 4.74 Å². The predicted molar refractivity (Wildman–Crippen MR) is 80.8 cm³/mol. The quantitative estimate of drug-likeness (QED) is 0.781. The molecule has 3 heteroatoms. The van der Waals surface area contributed by atoms with Gasteiger partial charge in [-0.1, -0.05) is 42.5 Å². The van der Waals surface area contributed by atoms with Crippen LogP contribution in [0.3, 0.4) is 0 Å². The van der Waals surface area contributed by atoms with E-state index in [1.807, 2.05) is 23.6 Å². The average Bonchev–Trinajstić information content (AvgIpc) is 2.95. The standard InChI is InChI=1S/C16H15NOS/c1-18-12-9-15(19-10-12)16(17)14-8-4-6-11-5-2-3-7-13(11)14/h2-10,16H,17H2,1H3. The van der Waals surface area contributed by atoms with E-state index in [1.54, 1.807) is 18.4 Å². The smallest absolute Gasteiger partial charge is 0.129 e. The maximum Gasteiger partial charge on any atom is 0.129 e. The molecule has 1 aromatic heterocycles. The first-order valence-electron chi connectivity index (χ1n) is 6.15. The summed E-state index contributed by atoms with van der Waals surface area (Å²) in [6.07, 6.45) is 0. The minimum Gasteiger partial charge on any atom is -0.496 e. The number of fused-ring (bicyclic) bond motifs is 1. The first-order chi connectivity index (χ1) is 9.29. The third-order valence-corrected chi connectivity index (χ3v) is 4.29. The summed E-state index contributed by atoms with van der Waals surface area (Å²) in [7, 11) is 1.68. The number of rotatable bonds is 3. The van der Waals surface area contributed by atoms with Gasteiger partial charge in [0, 0.05) is 10.3 Å². The normalized spacial score (nSPS) is 12.5. The van der Waals surface area contributed by atoms with Crippen molar-refractivity contribution in [2.24, 2.45) is 5.73 Å². The molecule has 0 aliphatic rings. The first kappa shape index (κ1) is 12.2. The van der Waals surface area contributed by atoms with Gasteiger partial charge >= 0.3 is 0 Å². The van der Waals surface area contributed by atoms with Gasteiger partial charge in [0.25, 0.3) is 0 Å². The van der Waals surface area contributed by atoms with E-state index >= 15 is 0 Å². The summed E-state index contributed by atoms with van der Waals surface area (Å²) in [5.74, 6) is 0.871. The maximum atomic E-state index is 6.41. The Kier molecular flexibility index (Phi) is 3.23. The molecule has 3 aromatic rings. The second-order valence-corrected chi connectivity index (χ2v) is 5.38. The van der Waals surface area contributed by atoms with Crippen LogP contribution in [0.1, 0.15) is 16.5 Å². The molecular formula is C16H15NOS. The van der Waals surface area contributed by atoms with Crippen LogP contribution in [-0.4, -0.2) is 7.11 Å². The number of nitrogens with two attached hydrogens (primary N) is 1. The van der Waals surface area contributed by atoms with Crippen LogP contribution in [0.5, 0.6) is 5.75 Å². The second-order valence-electron chi connectivity index (χ2n) is 4.43. The van der Waals surface area contributed by atoms with Crippen LogP contribution < -0.4 is 10.5 Å². The molecule has 0 spiro atoms. The zero-order chi connectivity index (χ0) is 13.2. The third-order valence-electron chi connectivity index (χ3n) is 3.30. The highest BCUT2D eigenvalue weighted by atomic mass is 32.1. The van der Waals surface area contributed by atoms with E-state index in [0.29, 0.717) is 0 Å². The van der Waals surface area contributed by atoms with E-state index in [4.69, 9.17) is 10.5 Å². The van der Waals surface area contributed by atoms with Gasteiger partial charge in [-0.25, -0.2) is 0 Å².